The van der Waals surface area contributed by atoms with E-state index < -0.39 is 17.7 Å². The highest BCUT2D eigenvalue weighted by Gasteiger charge is 2.28. The molecule has 6 heteroatoms. The molecule has 0 amide bonds. The molecule has 0 radical (unpaired) electrons. The van der Waals surface area contributed by atoms with Crippen LogP contribution >= 0.6 is 0 Å². The minimum Gasteiger partial charge on any atom is -0.213 e. The van der Waals surface area contributed by atoms with Gasteiger partial charge in [0.15, 0.2) is 0 Å². The van der Waals surface area contributed by atoms with Crippen LogP contribution in [-0.4, -0.2) is 28.3 Å². The van der Waals surface area contributed by atoms with E-state index in [1.807, 2.05) is 0 Å². The largest absolute Gasteiger partial charge is 0.253 e. The van der Waals surface area contributed by atoms with Gasteiger partial charge in [0.05, 0.1) is 11.5 Å². The van der Waals surface area contributed by atoms with Crippen molar-refractivity contribution in [3.63, 3.8) is 0 Å². The van der Waals surface area contributed by atoms with Crippen LogP contribution in [0.15, 0.2) is 0 Å². The van der Waals surface area contributed by atoms with Crippen molar-refractivity contribution in [3.05, 3.63) is 0 Å². The number of rotatable bonds is 13. The number of unbranched alkanes of at least 4 members (excludes halogenated alkanes) is 8. The summed E-state index contributed by atoms with van der Waals surface area (Å²) < 4.78 is 47.3. The van der Waals surface area contributed by atoms with Crippen LogP contribution in [0.1, 0.15) is 78.1 Å². The maximum absolute atomic E-state index is 11.8. The highest BCUT2D eigenvalue weighted by Crippen LogP contribution is 2.13. The molecule has 0 fully saturated rings. The second kappa shape index (κ2) is 10.6. The monoisotopic (exact) mass is 326 g/mol. The van der Waals surface area contributed by atoms with E-state index in [2.05, 4.69) is 13.8 Å². The molecule has 0 spiro atoms. The lowest BCUT2D eigenvalue weighted by Crippen LogP contribution is -2.22. The van der Waals surface area contributed by atoms with Crippen molar-refractivity contribution >= 4 is 17.7 Å². The van der Waals surface area contributed by atoms with Crippen LogP contribution in [0.2, 0.25) is 0 Å². The second-order valence-corrected chi connectivity index (χ2v) is 11.4. The predicted molar refractivity (Wildman–Crippen MR) is 85.1 cm³/mol. The molecule has 0 unspecified atom stereocenters. The van der Waals surface area contributed by atoms with E-state index in [9.17, 15) is 16.8 Å². The van der Waals surface area contributed by atoms with Crippen molar-refractivity contribution in [1.82, 2.24) is 0 Å². The van der Waals surface area contributed by atoms with E-state index >= 15 is 0 Å². The molecule has 0 saturated heterocycles. The first-order chi connectivity index (χ1) is 9.37. The van der Waals surface area contributed by atoms with Gasteiger partial charge >= 0.3 is 0 Å². The zero-order valence-electron chi connectivity index (χ0n) is 12.9. The van der Waals surface area contributed by atoms with Crippen LogP contribution in [0, 0.1) is 0 Å². The third kappa shape index (κ3) is 8.25. The highest BCUT2D eigenvalue weighted by molar-refractivity contribution is 8.67. The minimum absolute atomic E-state index is 0.214. The van der Waals surface area contributed by atoms with Crippen LogP contribution in [0.5, 0.6) is 0 Å². The van der Waals surface area contributed by atoms with Gasteiger partial charge in [0.2, 0.25) is 0 Å². The zero-order valence-corrected chi connectivity index (χ0v) is 14.6. The Morgan fingerprint density at radius 3 is 1.10 bits per heavy atom. The average molecular weight is 327 g/mol. The van der Waals surface area contributed by atoms with Gasteiger partial charge in [-0.05, 0) is 12.8 Å². The molecular weight excluding hydrogens is 296 g/mol. The molecule has 0 aromatic carbocycles. The molecule has 0 aromatic rings. The van der Waals surface area contributed by atoms with Crippen LogP contribution in [0.3, 0.4) is 0 Å². The van der Waals surface area contributed by atoms with E-state index in [0.29, 0.717) is 12.8 Å². The van der Waals surface area contributed by atoms with Gasteiger partial charge in [0.1, 0.15) is 0 Å². The first-order valence-corrected chi connectivity index (χ1v) is 11.6. The summed E-state index contributed by atoms with van der Waals surface area (Å²) in [7, 11) is -7.94. The fourth-order valence-corrected chi connectivity index (χ4v) is 5.87. The molecule has 122 valence electrons. The van der Waals surface area contributed by atoms with Gasteiger partial charge in [-0.3, -0.25) is 0 Å². The smallest absolute Gasteiger partial charge is 0.213 e. The normalized spacial score (nSPS) is 12.7. The van der Waals surface area contributed by atoms with Crippen LogP contribution in [-0.2, 0) is 17.7 Å². The maximum atomic E-state index is 11.8. The van der Waals surface area contributed by atoms with Crippen molar-refractivity contribution in [2.24, 2.45) is 0 Å². The quantitative estimate of drug-likeness (QED) is 0.382. The summed E-state index contributed by atoms with van der Waals surface area (Å²) in [5.74, 6) is -0.429. The molecule has 0 aliphatic rings. The molecular formula is C14H30O4S2. The molecule has 0 heterocycles. The summed E-state index contributed by atoms with van der Waals surface area (Å²) in [6.07, 6.45) is 8.76. The summed E-state index contributed by atoms with van der Waals surface area (Å²) >= 11 is 0. The molecule has 0 aliphatic carbocycles. The Hall–Kier alpha value is -0.100. The number of hydrogen-bond acceptors (Lipinski definition) is 4. The van der Waals surface area contributed by atoms with Gasteiger partial charge in [0, 0.05) is 0 Å². The van der Waals surface area contributed by atoms with Crippen LogP contribution < -0.4 is 0 Å². The van der Waals surface area contributed by atoms with Gasteiger partial charge in [-0.2, -0.15) is 0 Å². The minimum atomic E-state index is -3.97. The topological polar surface area (TPSA) is 68.3 Å². The van der Waals surface area contributed by atoms with Gasteiger partial charge in [-0.1, -0.05) is 65.2 Å². The molecule has 0 rings (SSSR count). The Morgan fingerprint density at radius 1 is 0.500 bits per heavy atom. The van der Waals surface area contributed by atoms with Crippen LogP contribution in [0.25, 0.3) is 0 Å². The average Bonchev–Trinajstić information content (AvgIpc) is 2.38. The molecule has 0 bridgehead atoms. The summed E-state index contributed by atoms with van der Waals surface area (Å²) in [5, 5.41) is 0. The molecule has 0 aliphatic heterocycles. The SMILES string of the molecule is CCCCCCCS(=O)(=O)S(=O)(=O)CCCCCCC. The molecule has 4 nitrogen and oxygen atoms in total. The Balaban J connectivity index is 4.09. The predicted octanol–water partition coefficient (Wildman–Crippen LogP) is 3.67. The van der Waals surface area contributed by atoms with Crippen molar-refractivity contribution in [2.45, 2.75) is 78.1 Å². The Morgan fingerprint density at radius 2 is 0.800 bits per heavy atom. The third-order valence-electron chi connectivity index (χ3n) is 3.38. The fraction of sp³-hybridized carbons (Fsp3) is 1.00. The highest BCUT2D eigenvalue weighted by atomic mass is 33.2. The van der Waals surface area contributed by atoms with Gasteiger partial charge in [0.25, 0.3) is 17.7 Å². The summed E-state index contributed by atoms with van der Waals surface area (Å²) in [4.78, 5) is 0. The van der Waals surface area contributed by atoms with Gasteiger partial charge < -0.3 is 0 Å². The van der Waals surface area contributed by atoms with E-state index in [4.69, 9.17) is 0 Å². The zero-order chi connectivity index (χ0) is 15.5. The van der Waals surface area contributed by atoms with E-state index in [0.717, 1.165) is 51.4 Å². The second-order valence-electron chi connectivity index (χ2n) is 5.35. The van der Waals surface area contributed by atoms with E-state index in [1.54, 1.807) is 0 Å². The molecule has 20 heavy (non-hydrogen) atoms. The molecule has 0 saturated carbocycles. The Labute approximate surface area is 124 Å². The van der Waals surface area contributed by atoms with Gasteiger partial charge in [-0.15, -0.1) is 0 Å². The molecule has 0 aromatic heterocycles. The Bertz CT molecular complexity index is 382. The molecule has 0 atom stereocenters. The first-order valence-electron chi connectivity index (χ1n) is 7.82. The molecule has 0 N–H and O–H groups in total. The fourth-order valence-electron chi connectivity index (χ4n) is 2.02. The lowest BCUT2D eigenvalue weighted by atomic mass is 10.2. The maximum Gasteiger partial charge on any atom is 0.253 e. The summed E-state index contributed by atoms with van der Waals surface area (Å²) in [6, 6.07) is 0. The van der Waals surface area contributed by atoms with Crippen molar-refractivity contribution < 1.29 is 16.8 Å². The lowest BCUT2D eigenvalue weighted by Gasteiger charge is -2.06. The summed E-state index contributed by atoms with van der Waals surface area (Å²) in [5.41, 5.74) is 0. The third-order valence-corrected chi connectivity index (χ3v) is 9.06. The van der Waals surface area contributed by atoms with E-state index in [-0.39, 0.29) is 11.5 Å². The Kier molecular flexibility index (Phi) is 10.5. The van der Waals surface area contributed by atoms with Crippen molar-refractivity contribution in [2.75, 3.05) is 11.5 Å². The van der Waals surface area contributed by atoms with Gasteiger partial charge in [-0.25, -0.2) is 16.8 Å². The number of hydrogen-bond donors (Lipinski definition) is 0. The summed E-state index contributed by atoms with van der Waals surface area (Å²) in [6.45, 7) is 4.17. The van der Waals surface area contributed by atoms with E-state index in [1.165, 1.54) is 0 Å². The standard InChI is InChI=1S/C14H30O4S2/c1-3-5-7-9-11-13-19(15,16)20(17,18)14-12-10-8-6-4-2/h3-14H2,1-2H3. The van der Waals surface area contributed by atoms with Crippen LogP contribution in [0.4, 0.5) is 0 Å². The van der Waals surface area contributed by atoms with Crippen molar-refractivity contribution in [1.29, 1.82) is 0 Å². The van der Waals surface area contributed by atoms with Crippen molar-refractivity contribution in [3.8, 4) is 0 Å². The first kappa shape index (κ1) is 19.9. The lowest BCUT2D eigenvalue weighted by molar-refractivity contribution is 0.574.